The van der Waals surface area contributed by atoms with Crippen molar-refractivity contribution in [1.82, 2.24) is 10.2 Å². The van der Waals surface area contributed by atoms with E-state index in [2.05, 4.69) is 17.3 Å². The van der Waals surface area contributed by atoms with Crippen LogP contribution in [0.2, 0.25) is 0 Å². The van der Waals surface area contributed by atoms with Gasteiger partial charge in [0.1, 0.15) is 5.60 Å². The molecule has 1 aliphatic heterocycles. The fourth-order valence-electron chi connectivity index (χ4n) is 1.75. The highest BCUT2D eigenvalue weighted by atomic mass is 16.6. The van der Waals surface area contributed by atoms with E-state index in [-0.39, 0.29) is 17.2 Å². The highest BCUT2D eigenvalue weighted by molar-refractivity contribution is 5.68. The van der Waals surface area contributed by atoms with Gasteiger partial charge in [-0.2, -0.15) is 0 Å². The third-order valence-electron chi connectivity index (χ3n) is 2.86. The quantitative estimate of drug-likeness (QED) is 0.746. The molecule has 0 aromatic heterocycles. The molecule has 1 fully saturated rings. The number of alkyl carbamates (subject to hydrolysis) is 1. The number of hydrogen-bond donors (Lipinski definition) is 1. The van der Waals surface area contributed by atoms with Crippen molar-refractivity contribution in [2.75, 3.05) is 20.1 Å². The molecule has 0 unspecified atom stereocenters. The third-order valence-corrected chi connectivity index (χ3v) is 2.86. The van der Waals surface area contributed by atoms with Crippen molar-refractivity contribution in [2.24, 2.45) is 0 Å². The molecule has 1 rings (SSSR count). The SMILES string of the molecule is CN1CCC(C)(OC(=O)NC(C)(C)C)CC1. The number of nitrogens with one attached hydrogen (secondary N) is 1. The van der Waals surface area contributed by atoms with Gasteiger partial charge >= 0.3 is 6.09 Å². The first-order valence-electron chi connectivity index (χ1n) is 5.90. The molecule has 0 aromatic carbocycles. The maximum Gasteiger partial charge on any atom is 0.408 e. The monoisotopic (exact) mass is 228 g/mol. The van der Waals surface area contributed by atoms with Crippen molar-refractivity contribution in [3.63, 3.8) is 0 Å². The van der Waals surface area contributed by atoms with Crippen LogP contribution in [0.1, 0.15) is 40.5 Å². The molecule has 0 radical (unpaired) electrons. The smallest absolute Gasteiger partial charge is 0.408 e. The van der Waals surface area contributed by atoms with Crippen LogP contribution in [0, 0.1) is 0 Å². The summed E-state index contributed by atoms with van der Waals surface area (Å²) < 4.78 is 5.53. The van der Waals surface area contributed by atoms with Gasteiger partial charge in [-0.15, -0.1) is 0 Å². The molecule has 1 N–H and O–H groups in total. The molecular weight excluding hydrogens is 204 g/mol. The van der Waals surface area contributed by atoms with Crippen LogP contribution in [-0.2, 0) is 4.74 Å². The minimum atomic E-state index is -0.306. The van der Waals surface area contributed by atoms with E-state index in [1.807, 2.05) is 27.7 Å². The van der Waals surface area contributed by atoms with Gasteiger partial charge in [0.2, 0.25) is 0 Å². The average molecular weight is 228 g/mol. The zero-order valence-corrected chi connectivity index (χ0v) is 11.1. The number of rotatable bonds is 1. The van der Waals surface area contributed by atoms with E-state index in [0.29, 0.717) is 0 Å². The Kier molecular flexibility index (Phi) is 3.84. The van der Waals surface area contributed by atoms with E-state index >= 15 is 0 Å². The average Bonchev–Trinajstić information content (AvgIpc) is 2.07. The molecule has 4 heteroatoms. The summed E-state index contributed by atoms with van der Waals surface area (Å²) in [5.41, 5.74) is -0.541. The van der Waals surface area contributed by atoms with Crippen LogP contribution in [0.15, 0.2) is 0 Å². The van der Waals surface area contributed by atoms with Crippen LogP contribution in [0.4, 0.5) is 4.79 Å². The molecule has 0 aromatic rings. The minimum absolute atomic E-state index is 0.237. The summed E-state index contributed by atoms with van der Waals surface area (Å²) >= 11 is 0. The Morgan fingerprint density at radius 3 is 2.25 bits per heavy atom. The van der Waals surface area contributed by atoms with E-state index in [1.54, 1.807) is 0 Å². The van der Waals surface area contributed by atoms with E-state index in [1.165, 1.54) is 0 Å². The summed E-state index contributed by atoms with van der Waals surface area (Å²) in [6.45, 7) is 9.84. The van der Waals surface area contributed by atoms with Gasteiger partial charge in [0, 0.05) is 18.6 Å². The lowest BCUT2D eigenvalue weighted by Gasteiger charge is -2.37. The predicted molar refractivity (Wildman–Crippen MR) is 64.5 cm³/mol. The number of amides is 1. The Morgan fingerprint density at radius 2 is 1.81 bits per heavy atom. The van der Waals surface area contributed by atoms with Gasteiger partial charge < -0.3 is 15.0 Å². The van der Waals surface area contributed by atoms with Gasteiger partial charge in [-0.25, -0.2) is 4.79 Å². The predicted octanol–water partition coefficient (Wildman–Crippen LogP) is 2.00. The molecule has 16 heavy (non-hydrogen) atoms. The van der Waals surface area contributed by atoms with Crippen molar-refractivity contribution in [3.8, 4) is 0 Å². The van der Waals surface area contributed by atoms with Crippen LogP contribution < -0.4 is 5.32 Å². The zero-order chi connectivity index (χ0) is 12.4. The Morgan fingerprint density at radius 1 is 1.31 bits per heavy atom. The maximum absolute atomic E-state index is 11.7. The summed E-state index contributed by atoms with van der Waals surface area (Å²) in [5, 5.41) is 2.83. The first kappa shape index (κ1) is 13.3. The molecular formula is C12H24N2O2. The van der Waals surface area contributed by atoms with E-state index in [4.69, 9.17) is 4.74 Å². The van der Waals surface area contributed by atoms with Crippen molar-refractivity contribution in [3.05, 3.63) is 0 Å². The molecule has 1 heterocycles. The van der Waals surface area contributed by atoms with E-state index in [0.717, 1.165) is 25.9 Å². The molecule has 4 nitrogen and oxygen atoms in total. The molecule has 0 aliphatic carbocycles. The molecule has 0 atom stereocenters. The topological polar surface area (TPSA) is 41.6 Å². The summed E-state index contributed by atoms with van der Waals surface area (Å²) in [4.78, 5) is 13.9. The van der Waals surface area contributed by atoms with Crippen LogP contribution >= 0.6 is 0 Å². The highest BCUT2D eigenvalue weighted by Crippen LogP contribution is 2.25. The fourth-order valence-corrected chi connectivity index (χ4v) is 1.75. The minimum Gasteiger partial charge on any atom is -0.443 e. The summed E-state index contributed by atoms with van der Waals surface area (Å²) in [7, 11) is 2.09. The summed E-state index contributed by atoms with van der Waals surface area (Å²) in [6.07, 6.45) is 1.50. The third kappa shape index (κ3) is 4.39. The number of carbonyl (C=O) groups excluding carboxylic acids is 1. The Labute approximate surface area is 98.3 Å². The Hall–Kier alpha value is -0.770. The normalized spacial score (nSPS) is 21.6. The lowest BCUT2D eigenvalue weighted by Crippen LogP contribution is -2.48. The molecule has 94 valence electrons. The van der Waals surface area contributed by atoms with Gasteiger partial charge in [-0.1, -0.05) is 0 Å². The van der Waals surface area contributed by atoms with Crippen LogP contribution in [-0.4, -0.2) is 42.3 Å². The number of carbonyl (C=O) groups is 1. The lowest BCUT2D eigenvalue weighted by atomic mass is 9.94. The van der Waals surface area contributed by atoms with Crippen LogP contribution in [0.25, 0.3) is 0 Å². The fraction of sp³-hybridized carbons (Fsp3) is 0.917. The maximum atomic E-state index is 11.7. The Bertz CT molecular complexity index is 250. The second kappa shape index (κ2) is 4.62. The van der Waals surface area contributed by atoms with E-state index in [9.17, 15) is 4.79 Å². The first-order valence-corrected chi connectivity index (χ1v) is 5.90. The molecule has 1 saturated heterocycles. The number of ether oxygens (including phenoxy) is 1. The van der Waals surface area contributed by atoms with Crippen molar-refractivity contribution < 1.29 is 9.53 Å². The summed E-state index contributed by atoms with van der Waals surface area (Å²) in [6, 6.07) is 0. The van der Waals surface area contributed by atoms with Gasteiger partial charge in [-0.3, -0.25) is 0 Å². The zero-order valence-electron chi connectivity index (χ0n) is 11.1. The molecule has 0 bridgehead atoms. The van der Waals surface area contributed by atoms with Gasteiger partial charge in [-0.05, 0) is 47.6 Å². The van der Waals surface area contributed by atoms with Gasteiger partial charge in [0.15, 0.2) is 0 Å². The van der Waals surface area contributed by atoms with Gasteiger partial charge in [0.25, 0.3) is 0 Å². The molecule has 1 amide bonds. The molecule has 1 aliphatic rings. The van der Waals surface area contributed by atoms with Crippen molar-refractivity contribution in [2.45, 2.75) is 51.7 Å². The van der Waals surface area contributed by atoms with Crippen LogP contribution in [0.5, 0.6) is 0 Å². The number of likely N-dealkylation sites (tertiary alicyclic amines) is 1. The summed E-state index contributed by atoms with van der Waals surface area (Å²) in [5.74, 6) is 0. The van der Waals surface area contributed by atoms with Crippen molar-refractivity contribution in [1.29, 1.82) is 0 Å². The number of piperidine rings is 1. The first-order chi connectivity index (χ1) is 7.20. The molecule has 0 saturated carbocycles. The largest absolute Gasteiger partial charge is 0.443 e. The number of hydrogen-bond acceptors (Lipinski definition) is 3. The highest BCUT2D eigenvalue weighted by Gasteiger charge is 2.33. The standard InChI is InChI=1S/C12H24N2O2/c1-11(2,3)13-10(15)16-12(4)6-8-14(5)9-7-12/h6-9H2,1-5H3,(H,13,15). The molecule has 0 spiro atoms. The second-order valence-corrected chi connectivity index (χ2v) is 6.02. The van der Waals surface area contributed by atoms with Crippen molar-refractivity contribution >= 4 is 6.09 Å². The van der Waals surface area contributed by atoms with E-state index < -0.39 is 0 Å². The lowest BCUT2D eigenvalue weighted by molar-refractivity contribution is -0.0199. The Balaban J connectivity index is 2.44. The van der Waals surface area contributed by atoms with Gasteiger partial charge in [0.05, 0.1) is 0 Å². The number of nitrogens with zero attached hydrogens (tertiary/aromatic N) is 1. The second-order valence-electron chi connectivity index (χ2n) is 6.02. The van der Waals surface area contributed by atoms with Crippen LogP contribution in [0.3, 0.4) is 0 Å².